The van der Waals surface area contributed by atoms with Crippen LogP contribution < -0.4 is 10.6 Å². The van der Waals surface area contributed by atoms with Crippen molar-refractivity contribution in [3.8, 4) is 0 Å². The Morgan fingerprint density at radius 1 is 1.45 bits per heavy atom. The van der Waals surface area contributed by atoms with Gasteiger partial charge in [0.1, 0.15) is 0 Å². The predicted molar refractivity (Wildman–Crippen MR) is 41.5 cm³/mol. The molecule has 1 amide bonds. The average molecular weight is 150 g/mol. The summed E-state index contributed by atoms with van der Waals surface area (Å²) in [5, 5.41) is 5.89. The molecule has 1 aliphatic heterocycles. The molecule has 3 heteroatoms. The lowest BCUT2D eigenvalue weighted by Crippen LogP contribution is -2.46. The van der Waals surface area contributed by atoms with E-state index in [4.69, 9.17) is 0 Å². The molecule has 2 N–H and O–H groups in total. The zero-order valence-corrected chi connectivity index (χ0v) is 6.13. The number of carbonyl (C=O) groups is 1. The third kappa shape index (κ3) is 1.02. The molecule has 0 aromatic carbocycles. The molecule has 1 heterocycles. The lowest BCUT2D eigenvalue weighted by molar-refractivity contribution is -0.125. The fourth-order valence-corrected chi connectivity index (χ4v) is 1.42. The minimum absolute atomic E-state index is 0.0359. The molecule has 1 aliphatic carbocycles. The average Bonchev–Trinajstić information content (AvgIpc) is 2.06. The van der Waals surface area contributed by atoms with E-state index >= 15 is 0 Å². The van der Waals surface area contributed by atoms with Gasteiger partial charge < -0.3 is 10.6 Å². The zero-order chi connectivity index (χ0) is 7.68. The second-order valence-corrected chi connectivity index (χ2v) is 2.73. The van der Waals surface area contributed by atoms with Crippen LogP contribution in [0, 0.1) is 5.92 Å². The summed E-state index contributed by atoms with van der Waals surface area (Å²) in [4.78, 5) is 11.2. The van der Waals surface area contributed by atoms with Crippen LogP contribution in [-0.2, 0) is 4.79 Å². The van der Waals surface area contributed by atoms with Gasteiger partial charge in [0.25, 0.3) is 0 Å². The largest absolute Gasteiger partial charge is 0.371 e. The SMILES string of the molecule is O=C1NCNC2=CC=CCC12. The van der Waals surface area contributed by atoms with Gasteiger partial charge in [0.05, 0.1) is 12.6 Å². The predicted octanol–water partition coefficient (Wildman–Crippen LogP) is 0.123. The second-order valence-electron chi connectivity index (χ2n) is 2.73. The van der Waals surface area contributed by atoms with Gasteiger partial charge in [0.2, 0.25) is 5.91 Å². The molecule has 0 spiro atoms. The zero-order valence-electron chi connectivity index (χ0n) is 6.13. The van der Waals surface area contributed by atoms with E-state index in [9.17, 15) is 4.79 Å². The third-order valence-electron chi connectivity index (χ3n) is 2.03. The molecule has 11 heavy (non-hydrogen) atoms. The quantitative estimate of drug-likeness (QED) is 0.515. The van der Waals surface area contributed by atoms with Crippen molar-refractivity contribution < 1.29 is 4.79 Å². The summed E-state index contributed by atoms with van der Waals surface area (Å²) in [7, 11) is 0. The Kier molecular flexibility index (Phi) is 1.42. The Hall–Kier alpha value is -1.25. The molecule has 0 aromatic rings. The van der Waals surface area contributed by atoms with Crippen LogP contribution in [0.1, 0.15) is 6.42 Å². The fraction of sp³-hybridized carbons (Fsp3) is 0.375. The van der Waals surface area contributed by atoms with E-state index in [0.29, 0.717) is 6.67 Å². The summed E-state index contributed by atoms with van der Waals surface area (Å²) in [6.07, 6.45) is 6.79. The first-order chi connectivity index (χ1) is 5.38. The first kappa shape index (κ1) is 6.46. The number of amides is 1. The van der Waals surface area contributed by atoms with E-state index in [2.05, 4.69) is 10.6 Å². The summed E-state index contributed by atoms with van der Waals surface area (Å²) in [5.41, 5.74) is 1.05. The molecule has 2 aliphatic rings. The highest BCUT2D eigenvalue weighted by atomic mass is 16.2. The van der Waals surface area contributed by atoms with Crippen molar-refractivity contribution in [3.63, 3.8) is 0 Å². The van der Waals surface area contributed by atoms with Crippen LogP contribution in [0.4, 0.5) is 0 Å². The smallest absolute Gasteiger partial charge is 0.230 e. The van der Waals surface area contributed by atoms with Crippen LogP contribution >= 0.6 is 0 Å². The van der Waals surface area contributed by atoms with Crippen molar-refractivity contribution >= 4 is 5.91 Å². The molecule has 1 atom stereocenters. The summed E-state index contributed by atoms with van der Waals surface area (Å²) < 4.78 is 0. The molecule has 1 saturated heterocycles. The normalized spacial score (nSPS) is 28.2. The van der Waals surface area contributed by atoms with Crippen molar-refractivity contribution in [3.05, 3.63) is 23.9 Å². The Labute approximate surface area is 65.2 Å². The van der Waals surface area contributed by atoms with Crippen LogP contribution in [0.3, 0.4) is 0 Å². The van der Waals surface area contributed by atoms with Gasteiger partial charge in [0.15, 0.2) is 0 Å². The maximum Gasteiger partial charge on any atom is 0.230 e. The van der Waals surface area contributed by atoms with E-state index in [0.717, 1.165) is 12.1 Å². The van der Waals surface area contributed by atoms with Gasteiger partial charge in [-0.15, -0.1) is 0 Å². The van der Waals surface area contributed by atoms with Gasteiger partial charge >= 0.3 is 0 Å². The van der Waals surface area contributed by atoms with E-state index in [1.807, 2.05) is 18.2 Å². The lowest BCUT2D eigenvalue weighted by Gasteiger charge is -2.27. The summed E-state index contributed by atoms with van der Waals surface area (Å²) in [6, 6.07) is 0. The molecular formula is C8H10N2O. The Bertz CT molecular complexity index is 242. The first-order valence-electron chi connectivity index (χ1n) is 3.76. The minimum Gasteiger partial charge on any atom is -0.371 e. The van der Waals surface area contributed by atoms with Crippen molar-refractivity contribution in [1.29, 1.82) is 0 Å². The fourth-order valence-electron chi connectivity index (χ4n) is 1.42. The van der Waals surface area contributed by atoms with Crippen LogP contribution in [0.25, 0.3) is 0 Å². The van der Waals surface area contributed by atoms with E-state index in [1.54, 1.807) is 0 Å². The molecule has 1 fully saturated rings. The Morgan fingerprint density at radius 3 is 3.18 bits per heavy atom. The molecule has 0 bridgehead atoms. The summed E-state index contributed by atoms with van der Waals surface area (Å²) in [5.74, 6) is 0.174. The van der Waals surface area contributed by atoms with Crippen molar-refractivity contribution in [1.82, 2.24) is 10.6 Å². The first-order valence-corrected chi connectivity index (χ1v) is 3.76. The number of carbonyl (C=O) groups excluding carboxylic acids is 1. The van der Waals surface area contributed by atoms with Crippen molar-refractivity contribution in [2.75, 3.05) is 6.67 Å². The standard InChI is InChI=1S/C8H10N2O/c11-8-6-3-1-2-4-7(6)9-5-10-8/h1-2,4,6,9H,3,5H2,(H,10,11). The van der Waals surface area contributed by atoms with Crippen LogP contribution in [0.15, 0.2) is 23.9 Å². The molecule has 1 unspecified atom stereocenters. The molecule has 0 aromatic heterocycles. The number of hydrogen-bond acceptors (Lipinski definition) is 2. The number of hydrogen-bond donors (Lipinski definition) is 2. The Morgan fingerprint density at radius 2 is 2.36 bits per heavy atom. The third-order valence-corrected chi connectivity index (χ3v) is 2.03. The highest BCUT2D eigenvalue weighted by molar-refractivity contribution is 5.83. The van der Waals surface area contributed by atoms with Gasteiger partial charge in [-0.05, 0) is 12.5 Å². The van der Waals surface area contributed by atoms with E-state index in [-0.39, 0.29) is 11.8 Å². The molecule has 58 valence electrons. The van der Waals surface area contributed by atoms with Crippen LogP contribution in [0.5, 0.6) is 0 Å². The Balaban J connectivity index is 2.24. The highest BCUT2D eigenvalue weighted by Crippen LogP contribution is 2.19. The van der Waals surface area contributed by atoms with E-state index in [1.165, 1.54) is 0 Å². The topological polar surface area (TPSA) is 41.1 Å². The van der Waals surface area contributed by atoms with E-state index < -0.39 is 0 Å². The van der Waals surface area contributed by atoms with Gasteiger partial charge in [-0.2, -0.15) is 0 Å². The van der Waals surface area contributed by atoms with Crippen molar-refractivity contribution in [2.45, 2.75) is 6.42 Å². The maximum atomic E-state index is 11.2. The van der Waals surface area contributed by atoms with Gasteiger partial charge in [-0.3, -0.25) is 4.79 Å². The van der Waals surface area contributed by atoms with Crippen LogP contribution in [0.2, 0.25) is 0 Å². The van der Waals surface area contributed by atoms with Gasteiger partial charge in [0, 0.05) is 5.70 Å². The minimum atomic E-state index is 0.0359. The molecule has 0 saturated carbocycles. The summed E-state index contributed by atoms with van der Waals surface area (Å²) >= 11 is 0. The number of rotatable bonds is 0. The summed E-state index contributed by atoms with van der Waals surface area (Å²) in [6.45, 7) is 0.564. The van der Waals surface area contributed by atoms with Gasteiger partial charge in [-0.25, -0.2) is 0 Å². The number of nitrogens with one attached hydrogen (secondary N) is 2. The molecule has 0 radical (unpaired) electrons. The maximum absolute atomic E-state index is 11.2. The highest BCUT2D eigenvalue weighted by Gasteiger charge is 2.25. The van der Waals surface area contributed by atoms with Gasteiger partial charge in [-0.1, -0.05) is 12.2 Å². The molecular weight excluding hydrogens is 140 g/mol. The van der Waals surface area contributed by atoms with Crippen LogP contribution in [-0.4, -0.2) is 12.6 Å². The number of fused-ring (bicyclic) bond motifs is 1. The lowest BCUT2D eigenvalue weighted by atomic mass is 9.95. The number of allylic oxidation sites excluding steroid dienone is 3. The molecule has 3 nitrogen and oxygen atoms in total. The van der Waals surface area contributed by atoms with Crippen molar-refractivity contribution in [2.24, 2.45) is 5.92 Å². The monoisotopic (exact) mass is 150 g/mol. The molecule has 2 rings (SSSR count). The second kappa shape index (κ2) is 2.42.